The van der Waals surface area contributed by atoms with E-state index in [2.05, 4.69) is 6.58 Å². The van der Waals surface area contributed by atoms with Crippen molar-refractivity contribution in [2.75, 3.05) is 14.2 Å². The molecule has 86 valence electrons. The van der Waals surface area contributed by atoms with Crippen molar-refractivity contribution in [2.24, 2.45) is 0 Å². The summed E-state index contributed by atoms with van der Waals surface area (Å²) in [5, 5.41) is 1.25. The van der Waals surface area contributed by atoms with E-state index in [1.54, 1.807) is 13.1 Å². The molecule has 3 nitrogen and oxygen atoms in total. The van der Waals surface area contributed by atoms with Crippen LogP contribution in [0.3, 0.4) is 0 Å². The van der Waals surface area contributed by atoms with Crippen LogP contribution in [0.1, 0.15) is 17.9 Å². The Balaban J connectivity index is 2.91. The van der Waals surface area contributed by atoms with Crippen LogP contribution in [-0.4, -0.2) is 25.1 Å². The van der Waals surface area contributed by atoms with E-state index in [9.17, 15) is 4.79 Å². The number of amides is 1. The molecule has 1 atom stereocenters. The average Bonchev–Trinajstić information content (AvgIpc) is 2.35. The minimum Gasteiger partial charge on any atom is -0.275 e. The van der Waals surface area contributed by atoms with Crippen molar-refractivity contribution in [1.29, 1.82) is 0 Å². The Bertz CT molecular complexity index is 348. The van der Waals surface area contributed by atoms with Gasteiger partial charge in [0, 0.05) is 7.05 Å². The van der Waals surface area contributed by atoms with E-state index >= 15 is 0 Å². The summed E-state index contributed by atoms with van der Waals surface area (Å²) in [6.07, 6.45) is 2.36. The molecule has 0 aliphatic heterocycles. The molecule has 1 unspecified atom stereocenters. The fourth-order valence-electron chi connectivity index (χ4n) is 1.54. The summed E-state index contributed by atoms with van der Waals surface area (Å²) >= 11 is 0. The van der Waals surface area contributed by atoms with Gasteiger partial charge in [-0.2, -0.15) is 0 Å². The molecular formula is C13H17NO2. The van der Waals surface area contributed by atoms with Crippen LogP contribution in [0.5, 0.6) is 0 Å². The van der Waals surface area contributed by atoms with Crippen LogP contribution in [0, 0.1) is 0 Å². The minimum absolute atomic E-state index is 0.0615. The van der Waals surface area contributed by atoms with Crippen LogP contribution in [-0.2, 0) is 9.63 Å². The minimum atomic E-state index is -0.219. The van der Waals surface area contributed by atoms with Crippen LogP contribution < -0.4 is 0 Å². The van der Waals surface area contributed by atoms with E-state index in [-0.39, 0.29) is 11.8 Å². The van der Waals surface area contributed by atoms with Gasteiger partial charge in [-0.1, -0.05) is 36.4 Å². The Morgan fingerprint density at radius 3 is 2.62 bits per heavy atom. The number of hydrogen-bond donors (Lipinski definition) is 0. The first-order valence-electron chi connectivity index (χ1n) is 5.18. The SMILES string of the molecule is C=CCC(C(=O)N(C)OC)c1ccccc1. The fraction of sp³-hybridized carbons (Fsp3) is 0.308. The van der Waals surface area contributed by atoms with Gasteiger partial charge in [-0.15, -0.1) is 6.58 Å². The molecule has 0 saturated heterocycles. The number of rotatable bonds is 5. The van der Waals surface area contributed by atoms with E-state index < -0.39 is 0 Å². The highest BCUT2D eigenvalue weighted by molar-refractivity contribution is 5.82. The van der Waals surface area contributed by atoms with Crippen LogP contribution >= 0.6 is 0 Å². The van der Waals surface area contributed by atoms with Crippen molar-refractivity contribution in [3.8, 4) is 0 Å². The molecule has 1 rings (SSSR count). The Labute approximate surface area is 96.3 Å². The maximum Gasteiger partial charge on any atom is 0.253 e. The van der Waals surface area contributed by atoms with Crippen molar-refractivity contribution >= 4 is 5.91 Å². The molecule has 1 amide bonds. The molecule has 0 heterocycles. The highest BCUT2D eigenvalue weighted by atomic mass is 16.7. The van der Waals surface area contributed by atoms with Gasteiger partial charge in [0.1, 0.15) is 0 Å². The molecule has 0 fully saturated rings. The van der Waals surface area contributed by atoms with Gasteiger partial charge in [-0.3, -0.25) is 9.63 Å². The molecule has 0 aromatic heterocycles. The molecule has 0 N–H and O–H groups in total. The van der Waals surface area contributed by atoms with Gasteiger partial charge in [-0.05, 0) is 12.0 Å². The molecule has 1 aromatic carbocycles. The first-order chi connectivity index (χ1) is 7.70. The normalized spacial score (nSPS) is 11.9. The highest BCUT2D eigenvalue weighted by Gasteiger charge is 2.22. The Morgan fingerprint density at radius 2 is 2.12 bits per heavy atom. The van der Waals surface area contributed by atoms with Crippen molar-refractivity contribution < 1.29 is 9.63 Å². The zero-order chi connectivity index (χ0) is 12.0. The molecular weight excluding hydrogens is 202 g/mol. The second kappa shape index (κ2) is 6.08. The molecule has 0 aliphatic rings. The predicted molar refractivity (Wildman–Crippen MR) is 63.8 cm³/mol. The smallest absolute Gasteiger partial charge is 0.253 e. The summed E-state index contributed by atoms with van der Waals surface area (Å²) in [4.78, 5) is 16.9. The Hall–Kier alpha value is -1.61. The first-order valence-corrected chi connectivity index (χ1v) is 5.18. The zero-order valence-electron chi connectivity index (χ0n) is 9.72. The van der Waals surface area contributed by atoms with E-state index in [1.807, 2.05) is 30.3 Å². The van der Waals surface area contributed by atoms with Crippen LogP contribution in [0.25, 0.3) is 0 Å². The lowest BCUT2D eigenvalue weighted by atomic mass is 9.95. The van der Waals surface area contributed by atoms with Crippen LogP contribution in [0.4, 0.5) is 0 Å². The Kier molecular flexibility index (Phi) is 4.73. The second-order valence-electron chi connectivity index (χ2n) is 3.51. The monoisotopic (exact) mass is 219 g/mol. The van der Waals surface area contributed by atoms with Crippen LogP contribution in [0.2, 0.25) is 0 Å². The quantitative estimate of drug-likeness (QED) is 0.562. The van der Waals surface area contributed by atoms with E-state index in [1.165, 1.54) is 12.2 Å². The third kappa shape index (κ3) is 2.94. The number of likely N-dealkylation sites (N-methyl/N-ethyl adjacent to an activating group) is 1. The fourth-order valence-corrected chi connectivity index (χ4v) is 1.54. The predicted octanol–water partition coefficient (Wildman–Crippen LogP) is 2.37. The zero-order valence-corrected chi connectivity index (χ0v) is 9.72. The number of allylic oxidation sites excluding steroid dienone is 1. The molecule has 16 heavy (non-hydrogen) atoms. The van der Waals surface area contributed by atoms with Crippen molar-refractivity contribution in [2.45, 2.75) is 12.3 Å². The van der Waals surface area contributed by atoms with Gasteiger partial charge in [0.25, 0.3) is 5.91 Å². The summed E-state index contributed by atoms with van der Waals surface area (Å²) in [6.45, 7) is 3.68. The summed E-state index contributed by atoms with van der Waals surface area (Å²) in [5.41, 5.74) is 0.983. The van der Waals surface area contributed by atoms with Gasteiger partial charge in [-0.25, -0.2) is 5.06 Å². The van der Waals surface area contributed by atoms with Crippen LogP contribution in [0.15, 0.2) is 43.0 Å². The standard InChI is InChI=1S/C13H17NO2/c1-4-8-12(13(15)14(2)16-3)11-9-6-5-7-10-11/h4-7,9-10,12H,1,8H2,2-3H3. The molecule has 0 radical (unpaired) electrons. The molecule has 1 aromatic rings. The lowest BCUT2D eigenvalue weighted by molar-refractivity contribution is -0.170. The van der Waals surface area contributed by atoms with E-state index in [0.29, 0.717) is 6.42 Å². The maximum absolute atomic E-state index is 12.0. The number of benzene rings is 1. The second-order valence-corrected chi connectivity index (χ2v) is 3.51. The van der Waals surface area contributed by atoms with Gasteiger partial charge in [0.05, 0.1) is 13.0 Å². The molecule has 0 spiro atoms. The lowest BCUT2D eigenvalue weighted by Crippen LogP contribution is -2.30. The third-order valence-electron chi connectivity index (χ3n) is 2.49. The van der Waals surface area contributed by atoms with E-state index in [4.69, 9.17) is 4.84 Å². The van der Waals surface area contributed by atoms with E-state index in [0.717, 1.165) is 5.56 Å². The molecule has 0 aliphatic carbocycles. The topological polar surface area (TPSA) is 29.5 Å². The summed E-state index contributed by atoms with van der Waals surface area (Å²) in [6, 6.07) is 9.65. The van der Waals surface area contributed by atoms with Crippen molar-refractivity contribution in [3.63, 3.8) is 0 Å². The number of nitrogens with zero attached hydrogens (tertiary/aromatic N) is 1. The first kappa shape index (κ1) is 12.5. The number of hydrogen-bond acceptors (Lipinski definition) is 2. The highest BCUT2D eigenvalue weighted by Crippen LogP contribution is 2.22. The molecule has 0 saturated carbocycles. The third-order valence-corrected chi connectivity index (χ3v) is 2.49. The van der Waals surface area contributed by atoms with Gasteiger partial charge < -0.3 is 0 Å². The molecule has 0 bridgehead atoms. The maximum atomic E-state index is 12.0. The summed E-state index contributed by atoms with van der Waals surface area (Å²) in [7, 11) is 3.09. The number of carbonyl (C=O) groups excluding carboxylic acids is 1. The van der Waals surface area contributed by atoms with Gasteiger partial charge >= 0.3 is 0 Å². The number of carbonyl (C=O) groups is 1. The summed E-state index contributed by atoms with van der Waals surface area (Å²) < 4.78 is 0. The van der Waals surface area contributed by atoms with Crippen molar-refractivity contribution in [1.82, 2.24) is 5.06 Å². The summed E-state index contributed by atoms with van der Waals surface area (Å²) in [5.74, 6) is -0.280. The van der Waals surface area contributed by atoms with Gasteiger partial charge in [0.15, 0.2) is 0 Å². The lowest BCUT2D eigenvalue weighted by Gasteiger charge is -2.21. The Morgan fingerprint density at radius 1 is 1.50 bits per heavy atom. The van der Waals surface area contributed by atoms with Gasteiger partial charge in [0.2, 0.25) is 0 Å². The number of hydroxylamine groups is 2. The average molecular weight is 219 g/mol. The molecule has 3 heteroatoms. The van der Waals surface area contributed by atoms with Crippen molar-refractivity contribution in [3.05, 3.63) is 48.6 Å². The largest absolute Gasteiger partial charge is 0.275 e.